The number of guanidine groups is 1. The maximum Gasteiger partial charge on any atom is 0.387 e. The molecule has 2 N–H and O–H groups in total. The smallest absolute Gasteiger partial charge is 0.387 e. The molecule has 0 bridgehead atoms. The second kappa shape index (κ2) is 10.7. The van der Waals surface area contributed by atoms with Gasteiger partial charge in [0.05, 0.1) is 20.2 Å². The summed E-state index contributed by atoms with van der Waals surface area (Å²) in [6.07, 6.45) is 4.34. The first kappa shape index (κ1) is 21.7. The van der Waals surface area contributed by atoms with Gasteiger partial charge in [-0.15, -0.1) is 0 Å². The lowest BCUT2D eigenvalue weighted by molar-refractivity contribution is -0.127. The number of carbonyl (C=O) groups excluding carboxylic acids is 1. The summed E-state index contributed by atoms with van der Waals surface area (Å²) in [6, 6.07) is 4.88. The molecule has 0 aliphatic heterocycles. The number of hydrogen-bond donors (Lipinski definition) is 2. The molecule has 0 atom stereocenters. The zero-order chi connectivity index (χ0) is 20.5. The van der Waals surface area contributed by atoms with Crippen LogP contribution in [0, 0.1) is 0 Å². The Morgan fingerprint density at radius 1 is 1.32 bits per heavy atom. The monoisotopic (exact) mass is 398 g/mol. The van der Waals surface area contributed by atoms with Crippen LogP contribution in [-0.4, -0.2) is 57.2 Å². The predicted molar refractivity (Wildman–Crippen MR) is 103 cm³/mol. The molecule has 1 fully saturated rings. The number of nitrogens with one attached hydrogen (secondary N) is 2. The maximum atomic E-state index is 12.7. The number of halogens is 2. The lowest BCUT2D eigenvalue weighted by Gasteiger charge is -2.19. The third-order valence-electron chi connectivity index (χ3n) is 4.49. The highest BCUT2D eigenvalue weighted by Gasteiger charge is 2.17. The van der Waals surface area contributed by atoms with Gasteiger partial charge in [-0.1, -0.05) is 12.8 Å². The number of likely N-dealkylation sites (N-methyl/N-ethyl adjacent to an activating group) is 1. The highest BCUT2D eigenvalue weighted by Crippen LogP contribution is 2.26. The van der Waals surface area contributed by atoms with Crippen LogP contribution in [0.4, 0.5) is 8.78 Å². The van der Waals surface area contributed by atoms with E-state index in [1.165, 1.54) is 18.1 Å². The van der Waals surface area contributed by atoms with Crippen LogP contribution in [0.3, 0.4) is 0 Å². The second-order valence-corrected chi connectivity index (χ2v) is 6.78. The van der Waals surface area contributed by atoms with Gasteiger partial charge in [-0.2, -0.15) is 8.78 Å². The molecule has 1 aromatic carbocycles. The number of ether oxygens (including phenoxy) is 2. The number of benzene rings is 1. The van der Waals surface area contributed by atoms with Crippen molar-refractivity contribution in [2.45, 2.75) is 44.9 Å². The van der Waals surface area contributed by atoms with Crippen LogP contribution in [0.2, 0.25) is 0 Å². The van der Waals surface area contributed by atoms with Gasteiger partial charge < -0.3 is 25.0 Å². The minimum Gasteiger partial charge on any atom is -0.497 e. The molecule has 2 rings (SSSR count). The molecule has 0 radical (unpaired) electrons. The molecule has 0 spiro atoms. The van der Waals surface area contributed by atoms with Crippen LogP contribution in [0.15, 0.2) is 23.2 Å². The first-order valence-corrected chi connectivity index (χ1v) is 9.25. The van der Waals surface area contributed by atoms with E-state index in [4.69, 9.17) is 4.74 Å². The van der Waals surface area contributed by atoms with Gasteiger partial charge in [0.15, 0.2) is 5.96 Å². The van der Waals surface area contributed by atoms with Crippen molar-refractivity contribution < 1.29 is 23.0 Å². The van der Waals surface area contributed by atoms with Crippen molar-refractivity contribution in [3.63, 3.8) is 0 Å². The van der Waals surface area contributed by atoms with E-state index in [1.807, 2.05) is 0 Å². The van der Waals surface area contributed by atoms with Gasteiger partial charge in [0.2, 0.25) is 5.91 Å². The average Bonchev–Trinajstić information content (AvgIpc) is 3.17. The van der Waals surface area contributed by atoms with E-state index in [1.54, 1.807) is 26.2 Å². The number of rotatable bonds is 8. The normalized spacial score (nSPS) is 14.9. The lowest BCUT2D eigenvalue weighted by Crippen LogP contribution is -2.46. The number of methoxy groups -OCH3 is 1. The van der Waals surface area contributed by atoms with E-state index in [0.717, 1.165) is 25.7 Å². The van der Waals surface area contributed by atoms with Crippen molar-refractivity contribution in [3.8, 4) is 11.5 Å². The molecule has 0 unspecified atom stereocenters. The first-order valence-electron chi connectivity index (χ1n) is 9.25. The summed E-state index contributed by atoms with van der Waals surface area (Å²) >= 11 is 0. The molecule has 1 amide bonds. The molecule has 156 valence electrons. The largest absolute Gasteiger partial charge is 0.497 e. The number of hydrogen-bond acceptors (Lipinski definition) is 4. The van der Waals surface area contributed by atoms with E-state index < -0.39 is 6.61 Å². The van der Waals surface area contributed by atoms with Gasteiger partial charge in [-0.05, 0) is 31.0 Å². The topological polar surface area (TPSA) is 75.2 Å². The highest BCUT2D eigenvalue weighted by molar-refractivity contribution is 5.86. The summed E-state index contributed by atoms with van der Waals surface area (Å²) in [5.41, 5.74) is 0.464. The number of amides is 1. The Morgan fingerprint density at radius 3 is 2.64 bits per heavy atom. The molecule has 1 saturated carbocycles. The van der Waals surface area contributed by atoms with E-state index in [2.05, 4.69) is 20.4 Å². The van der Waals surface area contributed by atoms with Crippen molar-refractivity contribution in [1.82, 2.24) is 15.5 Å². The quantitative estimate of drug-likeness (QED) is 0.519. The fraction of sp³-hybridized carbons (Fsp3) is 0.579. The Labute approximate surface area is 164 Å². The Kier molecular flexibility index (Phi) is 8.28. The number of aliphatic imine (C=N–C) groups is 1. The molecule has 7 nitrogen and oxygen atoms in total. The fourth-order valence-corrected chi connectivity index (χ4v) is 2.92. The van der Waals surface area contributed by atoms with Gasteiger partial charge in [0, 0.05) is 25.7 Å². The van der Waals surface area contributed by atoms with Crippen LogP contribution < -0.4 is 20.1 Å². The molecule has 1 aromatic rings. The van der Waals surface area contributed by atoms with Gasteiger partial charge in [0.25, 0.3) is 0 Å². The highest BCUT2D eigenvalue weighted by atomic mass is 19.3. The molecular formula is C19H28F2N4O3. The van der Waals surface area contributed by atoms with Crippen LogP contribution in [0.1, 0.15) is 31.2 Å². The zero-order valence-corrected chi connectivity index (χ0v) is 16.5. The Bertz CT molecular complexity index is 677. The third kappa shape index (κ3) is 6.86. The summed E-state index contributed by atoms with van der Waals surface area (Å²) in [5, 5.41) is 6.33. The van der Waals surface area contributed by atoms with E-state index in [0.29, 0.717) is 17.3 Å². The fourth-order valence-electron chi connectivity index (χ4n) is 2.92. The lowest BCUT2D eigenvalue weighted by atomic mass is 10.2. The molecule has 1 aliphatic rings. The standard InChI is InChI=1S/C19H28F2N4O3/c1-25(2)17(26)12-23-19(24-14-6-4-5-7-14)22-11-13-10-15(27-3)8-9-16(13)28-18(20)21/h8-10,14,18H,4-7,11-12H2,1-3H3,(H2,22,23,24). The minimum atomic E-state index is -2.93. The SMILES string of the molecule is COc1ccc(OC(F)F)c(CN=C(NCC(=O)N(C)C)NC2CCCC2)c1. The van der Waals surface area contributed by atoms with Gasteiger partial charge in [0.1, 0.15) is 11.5 Å². The maximum absolute atomic E-state index is 12.7. The Balaban J connectivity index is 2.15. The Morgan fingerprint density at radius 2 is 2.04 bits per heavy atom. The number of nitrogens with zero attached hydrogens (tertiary/aromatic N) is 2. The average molecular weight is 398 g/mol. The van der Waals surface area contributed by atoms with Crippen molar-refractivity contribution in [1.29, 1.82) is 0 Å². The van der Waals surface area contributed by atoms with Crippen LogP contribution in [-0.2, 0) is 11.3 Å². The van der Waals surface area contributed by atoms with Crippen molar-refractivity contribution >= 4 is 11.9 Å². The van der Waals surface area contributed by atoms with Gasteiger partial charge in [-0.3, -0.25) is 4.79 Å². The summed E-state index contributed by atoms with van der Waals surface area (Å²) in [4.78, 5) is 17.8. The van der Waals surface area contributed by atoms with Gasteiger partial charge >= 0.3 is 6.61 Å². The number of alkyl halides is 2. The second-order valence-electron chi connectivity index (χ2n) is 6.78. The molecule has 9 heteroatoms. The summed E-state index contributed by atoms with van der Waals surface area (Å²) in [5.74, 6) is 0.939. The minimum absolute atomic E-state index is 0.0455. The molecule has 0 saturated heterocycles. The van der Waals surface area contributed by atoms with E-state index in [9.17, 15) is 13.6 Å². The van der Waals surface area contributed by atoms with Crippen molar-refractivity contribution in [2.24, 2.45) is 4.99 Å². The Hall–Kier alpha value is -2.58. The summed E-state index contributed by atoms with van der Waals surface area (Å²) in [6.45, 7) is -2.75. The van der Waals surface area contributed by atoms with E-state index in [-0.39, 0.29) is 30.8 Å². The van der Waals surface area contributed by atoms with Crippen molar-refractivity contribution in [3.05, 3.63) is 23.8 Å². The molecule has 1 aliphatic carbocycles. The molecular weight excluding hydrogens is 370 g/mol. The molecule has 28 heavy (non-hydrogen) atoms. The summed E-state index contributed by atoms with van der Waals surface area (Å²) < 4.78 is 35.1. The molecule has 0 aromatic heterocycles. The van der Waals surface area contributed by atoms with Crippen LogP contribution >= 0.6 is 0 Å². The van der Waals surface area contributed by atoms with Crippen molar-refractivity contribution in [2.75, 3.05) is 27.7 Å². The summed E-state index contributed by atoms with van der Waals surface area (Å²) in [7, 11) is 4.85. The van der Waals surface area contributed by atoms with Crippen LogP contribution in [0.25, 0.3) is 0 Å². The number of carbonyl (C=O) groups is 1. The third-order valence-corrected chi connectivity index (χ3v) is 4.49. The zero-order valence-electron chi connectivity index (χ0n) is 16.5. The predicted octanol–water partition coefficient (Wildman–Crippen LogP) is 2.36. The first-order chi connectivity index (χ1) is 13.4. The van der Waals surface area contributed by atoms with E-state index >= 15 is 0 Å². The van der Waals surface area contributed by atoms with Crippen LogP contribution in [0.5, 0.6) is 11.5 Å². The molecule has 0 heterocycles. The van der Waals surface area contributed by atoms with Gasteiger partial charge in [-0.25, -0.2) is 4.99 Å².